The molecule has 0 spiro atoms. The highest BCUT2D eigenvalue weighted by molar-refractivity contribution is 5.94. The molecule has 6 heteroatoms. The lowest BCUT2D eigenvalue weighted by atomic mass is 9.97. The number of nitrogens with zero attached hydrogens (tertiary/aromatic N) is 1. The quantitative estimate of drug-likeness (QED) is 0.814. The lowest BCUT2D eigenvalue weighted by Gasteiger charge is -2.23. The smallest absolute Gasteiger partial charge is 0.312 e. The van der Waals surface area contributed by atoms with Crippen molar-refractivity contribution < 1.29 is 24.5 Å². The summed E-state index contributed by atoms with van der Waals surface area (Å²) in [6.45, 7) is 4.89. The molecule has 2 fully saturated rings. The van der Waals surface area contributed by atoms with Crippen LogP contribution in [0.5, 0.6) is 5.75 Å². The zero-order chi connectivity index (χ0) is 19.4. The standard InChI is InChI=1S/C21H23NO5/c1-13(2)27-17-8-7-14-5-3-4-6-15(14)16(17)9-22-11-20(18(23)24)10-21(20,12-22)19(25)26/h3-8,13H,9-12H2,1-2H3,(H,23,24)(H,25,26)/t20-,21+. The molecular formula is C21H23NO5. The Hall–Kier alpha value is -2.60. The van der Waals surface area contributed by atoms with Crippen molar-refractivity contribution in [3.8, 4) is 5.75 Å². The molecule has 0 bridgehead atoms. The highest BCUT2D eigenvalue weighted by Gasteiger charge is 2.80. The van der Waals surface area contributed by atoms with E-state index in [1.807, 2.05) is 55.1 Å². The molecule has 1 aliphatic heterocycles. The van der Waals surface area contributed by atoms with Gasteiger partial charge in [0.2, 0.25) is 0 Å². The molecule has 142 valence electrons. The molecule has 1 saturated heterocycles. The van der Waals surface area contributed by atoms with Crippen LogP contribution in [0.4, 0.5) is 0 Å². The average molecular weight is 369 g/mol. The molecule has 2 aromatic rings. The maximum Gasteiger partial charge on any atom is 0.312 e. The van der Waals surface area contributed by atoms with Crippen LogP contribution in [0.1, 0.15) is 25.8 Å². The number of piperidine rings is 1. The third kappa shape index (κ3) is 2.58. The molecule has 0 unspecified atom stereocenters. The highest BCUT2D eigenvalue weighted by Crippen LogP contribution is 2.68. The first kappa shape index (κ1) is 17.8. The van der Waals surface area contributed by atoms with Gasteiger partial charge in [-0.05, 0) is 37.1 Å². The molecule has 0 aromatic heterocycles. The zero-order valence-electron chi connectivity index (χ0n) is 15.4. The van der Waals surface area contributed by atoms with E-state index in [2.05, 4.69) is 0 Å². The number of hydrogen-bond acceptors (Lipinski definition) is 4. The van der Waals surface area contributed by atoms with Crippen molar-refractivity contribution in [2.75, 3.05) is 13.1 Å². The Kier molecular flexibility index (Phi) is 3.93. The summed E-state index contributed by atoms with van der Waals surface area (Å²) in [5, 5.41) is 21.4. The number of hydrogen-bond donors (Lipinski definition) is 2. The van der Waals surface area contributed by atoms with E-state index in [1.54, 1.807) is 0 Å². The zero-order valence-corrected chi connectivity index (χ0v) is 15.4. The third-order valence-corrected chi connectivity index (χ3v) is 5.94. The van der Waals surface area contributed by atoms with Crippen LogP contribution in [0.3, 0.4) is 0 Å². The number of likely N-dealkylation sites (tertiary alicyclic amines) is 1. The number of carboxylic acid groups (broad SMARTS) is 2. The van der Waals surface area contributed by atoms with Gasteiger partial charge in [-0.1, -0.05) is 30.3 Å². The predicted molar refractivity (Wildman–Crippen MR) is 99.7 cm³/mol. The summed E-state index contributed by atoms with van der Waals surface area (Å²) in [6, 6.07) is 11.9. The van der Waals surface area contributed by atoms with Gasteiger partial charge in [-0.3, -0.25) is 14.5 Å². The maximum absolute atomic E-state index is 11.8. The van der Waals surface area contributed by atoms with Crippen LogP contribution in [0.25, 0.3) is 10.8 Å². The van der Waals surface area contributed by atoms with Gasteiger partial charge in [-0.25, -0.2) is 0 Å². The molecule has 6 nitrogen and oxygen atoms in total. The lowest BCUT2D eigenvalue weighted by molar-refractivity contribution is -0.151. The van der Waals surface area contributed by atoms with Crippen LogP contribution in [-0.4, -0.2) is 46.2 Å². The normalized spacial score (nSPS) is 26.9. The Morgan fingerprint density at radius 3 is 2.30 bits per heavy atom. The fraction of sp³-hybridized carbons (Fsp3) is 0.429. The maximum atomic E-state index is 11.8. The molecule has 27 heavy (non-hydrogen) atoms. The molecule has 1 heterocycles. The van der Waals surface area contributed by atoms with E-state index in [4.69, 9.17) is 4.74 Å². The minimum atomic E-state index is -1.16. The number of carbonyl (C=O) groups is 2. The second kappa shape index (κ2) is 5.96. The molecule has 4 rings (SSSR count). The lowest BCUT2D eigenvalue weighted by Crippen LogP contribution is -2.28. The largest absolute Gasteiger partial charge is 0.491 e. The van der Waals surface area contributed by atoms with Crippen LogP contribution in [0.2, 0.25) is 0 Å². The van der Waals surface area contributed by atoms with Crippen LogP contribution in [0.15, 0.2) is 36.4 Å². The molecule has 0 amide bonds. The van der Waals surface area contributed by atoms with Gasteiger partial charge in [-0.2, -0.15) is 0 Å². The Labute approximate surface area is 157 Å². The predicted octanol–water partition coefficient (Wildman–Crippen LogP) is 2.99. The van der Waals surface area contributed by atoms with E-state index in [0.717, 1.165) is 22.1 Å². The number of fused-ring (bicyclic) bond motifs is 2. The summed E-state index contributed by atoms with van der Waals surface area (Å²) in [6.07, 6.45) is 0.221. The average Bonchev–Trinajstić information content (AvgIpc) is 3.16. The first-order chi connectivity index (χ1) is 12.8. The summed E-state index contributed by atoms with van der Waals surface area (Å²) in [5.74, 6) is -1.26. The van der Waals surface area contributed by atoms with Gasteiger partial charge < -0.3 is 14.9 Å². The minimum absolute atomic E-state index is 0.00705. The fourth-order valence-corrected chi connectivity index (χ4v) is 4.58. The van der Waals surface area contributed by atoms with Crippen LogP contribution < -0.4 is 4.74 Å². The number of carboxylic acids is 2. The SMILES string of the molecule is CC(C)Oc1ccc2ccccc2c1CN1C[C@@]2(C(=O)O)C[C@@]2(C(=O)O)C1. The number of aliphatic carboxylic acids is 2. The first-order valence-electron chi connectivity index (χ1n) is 9.15. The van der Waals surface area contributed by atoms with Gasteiger partial charge in [0.25, 0.3) is 0 Å². The second-order valence-electron chi connectivity index (χ2n) is 8.03. The van der Waals surface area contributed by atoms with Crippen LogP contribution in [0, 0.1) is 10.8 Å². The summed E-state index contributed by atoms with van der Waals surface area (Å²) >= 11 is 0. The van der Waals surface area contributed by atoms with Crippen molar-refractivity contribution >= 4 is 22.7 Å². The van der Waals surface area contributed by atoms with E-state index >= 15 is 0 Å². The van der Waals surface area contributed by atoms with Gasteiger partial charge in [0.15, 0.2) is 0 Å². The Morgan fingerprint density at radius 2 is 1.70 bits per heavy atom. The molecule has 2 aliphatic rings. The van der Waals surface area contributed by atoms with Crippen LogP contribution in [-0.2, 0) is 16.1 Å². The van der Waals surface area contributed by atoms with E-state index < -0.39 is 22.8 Å². The molecule has 2 atom stereocenters. The molecule has 1 saturated carbocycles. The fourth-order valence-electron chi connectivity index (χ4n) is 4.58. The summed E-state index contributed by atoms with van der Waals surface area (Å²) in [4.78, 5) is 25.5. The van der Waals surface area contributed by atoms with E-state index in [1.165, 1.54) is 0 Å². The van der Waals surface area contributed by atoms with Gasteiger partial charge in [0, 0.05) is 25.2 Å². The van der Waals surface area contributed by atoms with Crippen LogP contribution >= 0.6 is 0 Å². The van der Waals surface area contributed by atoms with Gasteiger partial charge in [0.05, 0.1) is 16.9 Å². The summed E-state index contributed by atoms with van der Waals surface area (Å²) in [5.41, 5.74) is -1.35. The molecule has 0 radical (unpaired) electrons. The van der Waals surface area contributed by atoms with Gasteiger partial charge in [0.1, 0.15) is 5.75 Å². The first-order valence-corrected chi connectivity index (χ1v) is 9.15. The van der Waals surface area contributed by atoms with E-state index in [9.17, 15) is 19.8 Å². The number of ether oxygens (including phenoxy) is 1. The topological polar surface area (TPSA) is 87.1 Å². The van der Waals surface area contributed by atoms with Crippen molar-refractivity contribution in [3.05, 3.63) is 42.0 Å². The molecule has 2 aromatic carbocycles. The Morgan fingerprint density at radius 1 is 1.07 bits per heavy atom. The van der Waals surface area contributed by atoms with Gasteiger partial charge in [-0.15, -0.1) is 0 Å². The van der Waals surface area contributed by atoms with Gasteiger partial charge >= 0.3 is 11.9 Å². The van der Waals surface area contributed by atoms with E-state index in [-0.39, 0.29) is 25.6 Å². The van der Waals surface area contributed by atoms with Crippen molar-refractivity contribution in [2.24, 2.45) is 10.8 Å². The van der Waals surface area contributed by atoms with Crippen molar-refractivity contribution in [2.45, 2.75) is 32.9 Å². The molecular weight excluding hydrogens is 346 g/mol. The Bertz CT molecular complexity index is 911. The second-order valence-corrected chi connectivity index (χ2v) is 8.03. The van der Waals surface area contributed by atoms with E-state index in [0.29, 0.717) is 6.54 Å². The molecule has 2 N–H and O–H groups in total. The highest BCUT2D eigenvalue weighted by atomic mass is 16.5. The third-order valence-electron chi connectivity index (χ3n) is 5.94. The minimum Gasteiger partial charge on any atom is -0.491 e. The number of benzene rings is 2. The Balaban J connectivity index is 1.70. The van der Waals surface area contributed by atoms with Crippen molar-refractivity contribution in [1.82, 2.24) is 4.90 Å². The summed E-state index contributed by atoms with van der Waals surface area (Å²) < 4.78 is 5.99. The monoisotopic (exact) mass is 369 g/mol. The van der Waals surface area contributed by atoms with Crippen molar-refractivity contribution in [3.63, 3.8) is 0 Å². The molecule has 1 aliphatic carbocycles. The van der Waals surface area contributed by atoms with Crippen molar-refractivity contribution in [1.29, 1.82) is 0 Å². The summed E-state index contributed by atoms with van der Waals surface area (Å²) in [7, 11) is 0. The number of rotatable bonds is 6.